The van der Waals surface area contributed by atoms with Gasteiger partial charge in [-0.05, 0) is 53.1 Å². The molecule has 4 rings (SSSR count). The van der Waals surface area contributed by atoms with Gasteiger partial charge in [0.25, 0.3) is 5.91 Å². The van der Waals surface area contributed by atoms with Crippen LogP contribution in [-0.4, -0.2) is 44.1 Å². The zero-order chi connectivity index (χ0) is 17.8. The van der Waals surface area contributed by atoms with Gasteiger partial charge in [-0.1, -0.05) is 42.1 Å². The number of carbonyl (C=O) groups is 1. The largest absolute Gasteiger partial charge is 0.339 e. The number of likely N-dealkylation sites (tertiary alicyclic amines) is 1. The molecule has 0 N–H and O–H groups in total. The number of amides is 1. The minimum atomic E-state index is 0.134. The van der Waals surface area contributed by atoms with Crippen LogP contribution in [0.2, 0.25) is 0 Å². The van der Waals surface area contributed by atoms with Gasteiger partial charge in [0.15, 0.2) is 0 Å². The second-order valence-electron chi connectivity index (χ2n) is 6.19. The maximum Gasteiger partial charge on any atom is 0.253 e. The molecule has 2 aromatic carbocycles. The number of aromatic nitrogens is 4. The number of hydrogen-bond donors (Lipinski definition) is 0. The fourth-order valence-electron chi connectivity index (χ4n) is 2.99. The smallest absolute Gasteiger partial charge is 0.253 e. The van der Waals surface area contributed by atoms with E-state index in [9.17, 15) is 4.79 Å². The lowest BCUT2D eigenvalue weighted by Gasteiger charge is -2.15. The highest BCUT2D eigenvalue weighted by Crippen LogP contribution is 2.23. The third kappa shape index (κ3) is 3.62. The van der Waals surface area contributed by atoms with E-state index in [-0.39, 0.29) is 5.91 Å². The summed E-state index contributed by atoms with van der Waals surface area (Å²) in [5.74, 6) is 0.875. The Labute approximate surface area is 156 Å². The first-order valence-corrected chi connectivity index (χ1v) is 9.65. The molecule has 0 radical (unpaired) electrons. The molecule has 2 heterocycles. The first-order chi connectivity index (χ1) is 12.8. The maximum absolute atomic E-state index is 12.4. The van der Waals surface area contributed by atoms with Crippen molar-refractivity contribution >= 4 is 17.7 Å². The summed E-state index contributed by atoms with van der Waals surface area (Å²) in [6.07, 6.45) is 2.22. The first kappa shape index (κ1) is 16.8. The van der Waals surface area contributed by atoms with Gasteiger partial charge < -0.3 is 4.90 Å². The molecule has 26 heavy (non-hydrogen) atoms. The van der Waals surface area contributed by atoms with Crippen LogP contribution in [0, 0.1) is 0 Å². The van der Waals surface area contributed by atoms with Crippen LogP contribution in [0.4, 0.5) is 0 Å². The maximum atomic E-state index is 12.4. The van der Waals surface area contributed by atoms with Crippen molar-refractivity contribution in [3.63, 3.8) is 0 Å². The molecular formula is C19H19N5OS. The van der Waals surface area contributed by atoms with Crippen molar-refractivity contribution in [1.82, 2.24) is 25.1 Å². The second kappa shape index (κ2) is 7.70. The first-order valence-electron chi connectivity index (χ1n) is 8.66. The zero-order valence-electron chi connectivity index (χ0n) is 14.3. The average Bonchev–Trinajstić information content (AvgIpc) is 3.39. The van der Waals surface area contributed by atoms with Crippen LogP contribution in [0.1, 0.15) is 28.8 Å². The average molecular weight is 365 g/mol. The lowest BCUT2D eigenvalue weighted by atomic mass is 10.1. The molecule has 0 saturated carbocycles. The summed E-state index contributed by atoms with van der Waals surface area (Å²) in [5, 5.41) is 12.7. The quantitative estimate of drug-likeness (QED) is 0.650. The van der Waals surface area contributed by atoms with Gasteiger partial charge in [0, 0.05) is 24.4 Å². The molecule has 0 aliphatic carbocycles. The third-order valence-electron chi connectivity index (χ3n) is 4.40. The summed E-state index contributed by atoms with van der Waals surface area (Å²) in [6, 6.07) is 17.7. The van der Waals surface area contributed by atoms with E-state index in [1.807, 2.05) is 59.5 Å². The lowest BCUT2D eigenvalue weighted by Crippen LogP contribution is -2.27. The summed E-state index contributed by atoms with van der Waals surface area (Å²) in [4.78, 5) is 14.3. The molecule has 0 bridgehead atoms. The van der Waals surface area contributed by atoms with E-state index in [0.717, 1.165) is 53.7 Å². The molecule has 7 heteroatoms. The van der Waals surface area contributed by atoms with Gasteiger partial charge in [0.05, 0.1) is 5.69 Å². The Bertz CT molecular complexity index is 872. The van der Waals surface area contributed by atoms with Gasteiger partial charge >= 0.3 is 0 Å². The molecule has 1 saturated heterocycles. The summed E-state index contributed by atoms with van der Waals surface area (Å²) in [7, 11) is 0. The van der Waals surface area contributed by atoms with E-state index in [1.165, 1.54) is 0 Å². The van der Waals surface area contributed by atoms with Crippen LogP contribution < -0.4 is 0 Å². The molecular weight excluding hydrogens is 346 g/mol. The number of thioether (sulfide) groups is 1. The molecule has 1 aliphatic heterocycles. The molecule has 1 aromatic heterocycles. The van der Waals surface area contributed by atoms with E-state index >= 15 is 0 Å². The standard InChI is InChI=1S/C19H19N5OS/c25-18(23-12-4-5-13-23)16-10-8-15(9-11-16)14-26-19-20-21-22-24(19)17-6-2-1-3-7-17/h1-3,6-11H,4-5,12-14H2. The number of para-hydroxylation sites is 1. The summed E-state index contributed by atoms with van der Waals surface area (Å²) in [5.41, 5.74) is 2.83. The van der Waals surface area contributed by atoms with Crippen LogP contribution in [0.25, 0.3) is 5.69 Å². The molecule has 0 atom stereocenters. The van der Waals surface area contributed by atoms with Crippen molar-refractivity contribution in [2.75, 3.05) is 13.1 Å². The van der Waals surface area contributed by atoms with Crippen LogP contribution >= 0.6 is 11.8 Å². The van der Waals surface area contributed by atoms with Crippen molar-refractivity contribution in [2.45, 2.75) is 23.8 Å². The Morgan fingerprint density at radius 1 is 1.00 bits per heavy atom. The molecule has 1 amide bonds. The number of nitrogens with zero attached hydrogens (tertiary/aromatic N) is 5. The van der Waals surface area contributed by atoms with Crippen molar-refractivity contribution in [3.8, 4) is 5.69 Å². The predicted octanol–water partition coefficient (Wildman–Crippen LogP) is 3.19. The molecule has 0 unspecified atom stereocenters. The second-order valence-corrected chi connectivity index (χ2v) is 7.14. The molecule has 132 valence electrons. The van der Waals surface area contributed by atoms with Crippen LogP contribution in [0.5, 0.6) is 0 Å². The van der Waals surface area contributed by atoms with E-state index < -0.39 is 0 Å². The van der Waals surface area contributed by atoms with Crippen LogP contribution in [0.15, 0.2) is 59.8 Å². The number of carbonyl (C=O) groups excluding carboxylic acids is 1. The van der Waals surface area contributed by atoms with E-state index in [1.54, 1.807) is 16.4 Å². The Hall–Kier alpha value is -2.67. The topological polar surface area (TPSA) is 63.9 Å². The Morgan fingerprint density at radius 3 is 2.46 bits per heavy atom. The number of benzene rings is 2. The highest BCUT2D eigenvalue weighted by Gasteiger charge is 2.19. The van der Waals surface area contributed by atoms with Crippen molar-refractivity contribution in [2.24, 2.45) is 0 Å². The molecule has 3 aromatic rings. The monoisotopic (exact) mass is 365 g/mol. The molecule has 6 nitrogen and oxygen atoms in total. The molecule has 1 fully saturated rings. The van der Waals surface area contributed by atoms with Gasteiger partial charge in [-0.15, -0.1) is 5.10 Å². The SMILES string of the molecule is O=C(c1ccc(CSc2nnnn2-c2ccccc2)cc1)N1CCCC1. The number of rotatable bonds is 5. The van der Waals surface area contributed by atoms with E-state index in [2.05, 4.69) is 15.5 Å². The third-order valence-corrected chi connectivity index (χ3v) is 5.39. The van der Waals surface area contributed by atoms with Gasteiger partial charge in [0.1, 0.15) is 0 Å². The van der Waals surface area contributed by atoms with Crippen LogP contribution in [0.3, 0.4) is 0 Å². The number of hydrogen-bond acceptors (Lipinski definition) is 5. The predicted molar refractivity (Wildman–Crippen MR) is 100 cm³/mol. The highest BCUT2D eigenvalue weighted by molar-refractivity contribution is 7.98. The van der Waals surface area contributed by atoms with Crippen molar-refractivity contribution in [1.29, 1.82) is 0 Å². The fourth-order valence-corrected chi connectivity index (χ4v) is 3.84. The van der Waals surface area contributed by atoms with Gasteiger partial charge in [-0.25, -0.2) is 0 Å². The minimum absolute atomic E-state index is 0.134. The molecule has 0 spiro atoms. The van der Waals surface area contributed by atoms with Gasteiger partial charge in [-0.2, -0.15) is 4.68 Å². The zero-order valence-corrected chi connectivity index (χ0v) is 15.1. The molecule has 1 aliphatic rings. The van der Waals surface area contributed by atoms with Gasteiger partial charge in [-0.3, -0.25) is 4.79 Å². The Balaban J connectivity index is 1.41. The fraction of sp³-hybridized carbons (Fsp3) is 0.263. The van der Waals surface area contributed by atoms with Gasteiger partial charge in [0.2, 0.25) is 5.16 Å². The summed E-state index contributed by atoms with van der Waals surface area (Å²) in [6.45, 7) is 1.75. The minimum Gasteiger partial charge on any atom is -0.339 e. The Morgan fingerprint density at radius 2 is 1.73 bits per heavy atom. The van der Waals surface area contributed by atoms with Crippen LogP contribution in [-0.2, 0) is 5.75 Å². The Kier molecular flexibility index (Phi) is 4.97. The lowest BCUT2D eigenvalue weighted by molar-refractivity contribution is 0.0793. The van der Waals surface area contributed by atoms with E-state index in [0.29, 0.717) is 0 Å². The highest BCUT2D eigenvalue weighted by atomic mass is 32.2. The van der Waals surface area contributed by atoms with Crippen molar-refractivity contribution in [3.05, 3.63) is 65.7 Å². The van der Waals surface area contributed by atoms with Crippen molar-refractivity contribution < 1.29 is 4.79 Å². The summed E-state index contributed by atoms with van der Waals surface area (Å²) >= 11 is 1.57. The normalized spacial score (nSPS) is 13.9. The summed E-state index contributed by atoms with van der Waals surface area (Å²) < 4.78 is 1.73. The van der Waals surface area contributed by atoms with E-state index in [4.69, 9.17) is 0 Å². The number of tetrazole rings is 1.